The zero-order valence-corrected chi connectivity index (χ0v) is 23.3. The van der Waals surface area contributed by atoms with E-state index in [-0.39, 0.29) is 5.91 Å². The molecule has 0 radical (unpaired) electrons. The van der Waals surface area contributed by atoms with Crippen molar-refractivity contribution in [3.63, 3.8) is 0 Å². The molecule has 204 valence electrons. The number of benzene rings is 3. The van der Waals surface area contributed by atoms with Crippen LogP contribution in [0.2, 0.25) is 0 Å². The number of nitrogens with zero attached hydrogens (tertiary/aromatic N) is 5. The number of anilines is 1. The van der Waals surface area contributed by atoms with Crippen LogP contribution in [0.5, 0.6) is 0 Å². The maximum absolute atomic E-state index is 12.8. The topological polar surface area (TPSA) is 75.4 Å². The molecule has 2 aromatic heterocycles. The van der Waals surface area contributed by atoms with Gasteiger partial charge in [0.1, 0.15) is 22.7 Å². The summed E-state index contributed by atoms with van der Waals surface area (Å²) in [6.45, 7) is 7.16. The standard InChI is InChI=1S/C33H35N5O2/c1-3-4-10-29(39)37-17-7-18-38(20-19-37)32-30-31(27-16-15-25-8-5-6-9-26(25)22-27)36-40-33(30)35-28(34-32)21-24-13-11-23(2)12-14-24/h5-6,8-9,11-16,22H,3-4,7,10,17-21H2,1-2H3. The number of unbranched alkanes of at least 4 members (excludes halogenated alkanes) is 1. The number of hydrogen-bond donors (Lipinski definition) is 0. The highest BCUT2D eigenvalue weighted by Crippen LogP contribution is 2.35. The van der Waals surface area contributed by atoms with Crippen LogP contribution < -0.4 is 4.90 Å². The van der Waals surface area contributed by atoms with Gasteiger partial charge in [-0.1, -0.05) is 84.7 Å². The fourth-order valence-corrected chi connectivity index (χ4v) is 5.47. The summed E-state index contributed by atoms with van der Waals surface area (Å²) in [4.78, 5) is 27.1. The van der Waals surface area contributed by atoms with Crippen LogP contribution in [0.25, 0.3) is 33.1 Å². The van der Waals surface area contributed by atoms with E-state index in [0.717, 1.165) is 65.8 Å². The minimum Gasteiger partial charge on any atom is -0.354 e. The van der Waals surface area contributed by atoms with E-state index >= 15 is 0 Å². The highest BCUT2D eigenvalue weighted by molar-refractivity contribution is 6.00. The summed E-state index contributed by atoms with van der Waals surface area (Å²) in [6.07, 6.45) is 4.06. The Morgan fingerprint density at radius 2 is 1.75 bits per heavy atom. The average molecular weight is 534 g/mol. The molecule has 0 spiro atoms. The predicted molar refractivity (Wildman–Crippen MR) is 159 cm³/mol. The molecule has 0 aliphatic carbocycles. The molecule has 1 fully saturated rings. The van der Waals surface area contributed by atoms with Gasteiger partial charge in [-0.3, -0.25) is 4.79 Å². The summed E-state index contributed by atoms with van der Waals surface area (Å²) in [5.41, 5.74) is 4.58. The second-order valence-electron chi connectivity index (χ2n) is 10.7. The summed E-state index contributed by atoms with van der Waals surface area (Å²) < 4.78 is 5.89. The molecule has 6 rings (SSSR count). The zero-order chi connectivity index (χ0) is 27.5. The molecule has 3 aromatic carbocycles. The first-order valence-electron chi connectivity index (χ1n) is 14.3. The molecule has 0 atom stereocenters. The van der Waals surface area contributed by atoms with Crippen molar-refractivity contribution >= 4 is 33.6 Å². The Kier molecular flexibility index (Phi) is 7.45. The van der Waals surface area contributed by atoms with E-state index in [1.807, 2.05) is 17.0 Å². The number of hydrogen-bond acceptors (Lipinski definition) is 6. The van der Waals surface area contributed by atoms with Crippen LogP contribution >= 0.6 is 0 Å². The third-order valence-corrected chi connectivity index (χ3v) is 7.76. The number of carbonyl (C=O) groups excluding carboxylic acids is 1. The van der Waals surface area contributed by atoms with E-state index in [2.05, 4.69) is 78.5 Å². The Morgan fingerprint density at radius 3 is 2.58 bits per heavy atom. The fraction of sp³-hybridized carbons (Fsp3) is 0.333. The number of fused-ring (bicyclic) bond motifs is 2. The third kappa shape index (κ3) is 5.41. The van der Waals surface area contributed by atoms with Crippen molar-refractivity contribution in [1.29, 1.82) is 0 Å². The number of aromatic nitrogens is 3. The highest BCUT2D eigenvalue weighted by atomic mass is 16.5. The first-order chi connectivity index (χ1) is 19.6. The second-order valence-corrected chi connectivity index (χ2v) is 10.7. The van der Waals surface area contributed by atoms with Crippen LogP contribution in [-0.2, 0) is 11.2 Å². The summed E-state index contributed by atoms with van der Waals surface area (Å²) in [5.74, 6) is 1.78. The Morgan fingerprint density at radius 1 is 0.925 bits per heavy atom. The maximum Gasteiger partial charge on any atom is 0.263 e. The van der Waals surface area contributed by atoms with E-state index in [0.29, 0.717) is 37.5 Å². The SMILES string of the molecule is CCCCC(=O)N1CCCN(c2nc(Cc3ccc(C)cc3)nc3onc(-c4ccc5ccccc5c4)c23)CC1. The van der Waals surface area contributed by atoms with Gasteiger partial charge in [0.25, 0.3) is 5.71 Å². The lowest BCUT2D eigenvalue weighted by Gasteiger charge is -2.24. The van der Waals surface area contributed by atoms with Gasteiger partial charge in [0.2, 0.25) is 5.91 Å². The minimum atomic E-state index is 0.249. The third-order valence-electron chi connectivity index (χ3n) is 7.76. The smallest absolute Gasteiger partial charge is 0.263 e. The first-order valence-corrected chi connectivity index (χ1v) is 14.3. The van der Waals surface area contributed by atoms with Crippen LogP contribution in [0.4, 0.5) is 5.82 Å². The van der Waals surface area contributed by atoms with E-state index in [1.54, 1.807) is 0 Å². The van der Waals surface area contributed by atoms with E-state index in [9.17, 15) is 4.79 Å². The van der Waals surface area contributed by atoms with Crippen molar-refractivity contribution in [2.75, 3.05) is 31.1 Å². The number of carbonyl (C=O) groups is 1. The van der Waals surface area contributed by atoms with E-state index < -0.39 is 0 Å². The van der Waals surface area contributed by atoms with Crippen LogP contribution in [0.1, 0.15) is 49.6 Å². The van der Waals surface area contributed by atoms with Gasteiger partial charge >= 0.3 is 0 Å². The average Bonchev–Trinajstić information content (AvgIpc) is 3.25. The molecule has 0 unspecified atom stereocenters. The van der Waals surface area contributed by atoms with Gasteiger partial charge in [0.15, 0.2) is 0 Å². The molecule has 1 saturated heterocycles. The van der Waals surface area contributed by atoms with Crippen LogP contribution in [-0.4, -0.2) is 52.1 Å². The van der Waals surface area contributed by atoms with E-state index in [4.69, 9.17) is 14.5 Å². The second kappa shape index (κ2) is 11.5. The Labute approximate surface area is 234 Å². The molecular weight excluding hydrogens is 498 g/mol. The molecular formula is C33H35N5O2. The van der Waals surface area contributed by atoms with Crippen molar-refractivity contribution in [2.24, 2.45) is 0 Å². The van der Waals surface area contributed by atoms with Gasteiger partial charge in [0.05, 0.1) is 0 Å². The molecule has 5 aromatic rings. The lowest BCUT2D eigenvalue weighted by Crippen LogP contribution is -2.35. The molecule has 40 heavy (non-hydrogen) atoms. The first kappa shape index (κ1) is 26.0. The minimum absolute atomic E-state index is 0.249. The molecule has 1 aliphatic heterocycles. The largest absolute Gasteiger partial charge is 0.354 e. The van der Waals surface area contributed by atoms with Gasteiger partial charge in [-0.15, -0.1) is 0 Å². The maximum atomic E-state index is 12.8. The molecule has 0 bridgehead atoms. The van der Waals surface area contributed by atoms with Gasteiger partial charge < -0.3 is 14.3 Å². The summed E-state index contributed by atoms with van der Waals surface area (Å²) in [6, 6.07) is 23.1. The van der Waals surface area contributed by atoms with Crippen molar-refractivity contribution in [2.45, 2.75) is 46.0 Å². The predicted octanol–water partition coefficient (Wildman–Crippen LogP) is 6.57. The van der Waals surface area contributed by atoms with Gasteiger partial charge in [-0.25, -0.2) is 4.98 Å². The zero-order valence-electron chi connectivity index (χ0n) is 23.3. The highest BCUT2D eigenvalue weighted by Gasteiger charge is 2.26. The van der Waals surface area contributed by atoms with Gasteiger partial charge in [0, 0.05) is 44.6 Å². The number of aryl methyl sites for hydroxylation is 1. The monoisotopic (exact) mass is 533 g/mol. The van der Waals surface area contributed by atoms with Gasteiger partial charge in [-0.05, 0) is 42.2 Å². The number of rotatable bonds is 7. The Bertz CT molecular complexity index is 1640. The van der Waals surface area contributed by atoms with Crippen molar-refractivity contribution < 1.29 is 9.32 Å². The van der Waals surface area contributed by atoms with Gasteiger partial charge in [-0.2, -0.15) is 4.98 Å². The summed E-state index contributed by atoms with van der Waals surface area (Å²) >= 11 is 0. The van der Waals surface area contributed by atoms with Crippen LogP contribution in [0.3, 0.4) is 0 Å². The lowest BCUT2D eigenvalue weighted by molar-refractivity contribution is -0.131. The molecule has 7 heteroatoms. The molecule has 7 nitrogen and oxygen atoms in total. The molecule has 1 aliphatic rings. The quantitative estimate of drug-likeness (QED) is 0.236. The molecule has 0 saturated carbocycles. The Hall–Kier alpha value is -4.26. The van der Waals surface area contributed by atoms with Crippen LogP contribution in [0.15, 0.2) is 71.3 Å². The van der Waals surface area contributed by atoms with E-state index in [1.165, 1.54) is 10.9 Å². The summed E-state index contributed by atoms with van der Waals surface area (Å²) in [5, 5.41) is 7.67. The molecule has 3 heterocycles. The van der Waals surface area contributed by atoms with Crippen molar-refractivity contribution in [3.8, 4) is 11.3 Å². The lowest BCUT2D eigenvalue weighted by atomic mass is 10.0. The van der Waals surface area contributed by atoms with Crippen molar-refractivity contribution in [3.05, 3.63) is 83.7 Å². The molecule has 1 amide bonds. The fourth-order valence-electron chi connectivity index (χ4n) is 5.47. The van der Waals surface area contributed by atoms with Crippen molar-refractivity contribution in [1.82, 2.24) is 20.0 Å². The van der Waals surface area contributed by atoms with Crippen LogP contribution in [0, 0.1) is 6.92 Å². The normalized spacial score (nSPS) is 14.2. The number of amides is 1. The molecule has 0 N–H and O–H groups in total. The summed E-state index contributed by atoms with van der Waals surface area (Å²) in [7, 11) is 0. The Balaban J connectivity index is 1.40.